The lowest BCUT2D eigenvalue weighted by molar-refractivity contribution is -0.137. The Labute approximate surface area is 139 Å². The van der Waals surface area contributed by atoms with Crippen molar-refractivity contribution in [1.82, 2.24) is 4.90 Å². The van der Waals surface area contributed by atoms with Crippen molar-refractivity contribution in [3.05, 3.63) is 53.1 Å². The first-order valence-electron chi connectivity index (χ1n) is 7.34. The number of aliphatic imine (C=N–C) groups is 1. The van der Waals surface area contributed by atoms with E-state index in [1.54, 1.807) is 12.4 Å². The Hall–Kier alpha value is -2.50. The third kappa shape index (κ3) is 4.50. The summed E-state index contributed by atoms with van der Waals surface area (Å²) in [4.78, 5) is 6.18. The summed E-state index contributed by atoms with van der Waals surface area (Å²) in [7, 11) is 3.74. The molecule has 3 nitrogen and oxygen atoms in total. The van der Waals surface area contributed by atoms with E-state index in [4.69, 9.17) is 4.74 Å². The standard InChI is InChI=1S/C18H19F3N2O/c1-12-9-17(13(2)8-16(12)22-11-23(3)4)24-15-7-5-6-14(10-15)18(19,20)21/h5-11H,1-4H3. The maximum absolute atomic E-state index is 12.8. The summed E-state index contributed by atoms with van der Waals surface area (Å²) in [6.45, 7) is 3.71. The average molecular weight is 336 g/mol. The molecule has 0 spiro atoms. The highest BCUT2D eigenvalue weighted by molar-refractivity contribution is 5.64. The predicted octanol–water partition coefficient (Wildman–Crippen LogP) is 5.34. The van der Waals surface area contributed by atoms with Gasteiger partial charge in [-0.15, -0.1) is 0 Å². The summed E-state index contributed by atoms with van der Waals surface area (Å²) >= 11 is 0. The minimum absolute atomic E-state index is 0.150. The van der Waals surface area contributed by atoms with Crippen molar-refractivity contribution in [3.8, 4) is 11.5 Å². The molecule has 0 N–H and O–H groups in total. The topological polar surface area (TPSA) is 24.8 Å². The lowest BCUT2D eigenvalue weighted by Gasteiger charge is -2.13. The number of alkyl halides is 3. The number of halogens is 3. The number of nitrogens with zero attached hydrogens (tertiary/aromatic N) is 2. The first kappa shape index (κ1) is 17.8. The van der Waals surface area contributed by atoms with Crippen LogP contribution in [0, 0.1) is 13.8 Å². The summed E-state index contributed by atoms with van der Waals surface area (Å²) < 4.78 is 44.0. The summed E-state index contributed by atoms with van der Waals surface area (Å²) in [6, 6.07) is 8.46. The number of rotatable bonds is 4. The molecule has 0 saturated carbocycles. The SMILES string of the molecule is Cc1cc(Oc2cccc(C(F)(F)F)c2)c(C)cc1N=CN(C)C. The van der Waals surface area contributed by atoms with E-state index < -0.39 is 11.7 Å². The first-order valence-corrected chi connectivity index (χ1v) is 7.34. The molecule has 0 aliphatic heterocycles. The van der Waals surface area contributed by atoms with Crippen molar-refractivity contribution in [1.29, 1.82) is 0 Å². The van der Waals surface area contributed by atoms with Crippen LogP contribution >= 0.6 is 0 Å². The predicted molar refractivity (Wildman–Crippen MR) is 89.3 cm³/mol. The summed E-state index contributed by atoms with van der Waals surface area (Å²) in [5.74, 6) is 0.660. The normalized spacial score (nSPS) is 11.8. The smallest absolute Gasteiger partial charge is 0.416 e. The zero-order chi connectivity index (χ0) is 17.9. The zero-order valence-corrected chi connectivity index (χ0v) is 14.0. The van der Waals surface area contributed by atoms with E-state index in [9.17, 15) is 13.2 Å². The van der Waals surface area contributed by atoms with Crippen molar-refractivity contribution in [2.45, 2.75) is 20.0 Å². The van der Waals surface area contributed by atoms with Gasteiger partial charge in [0.15, 0.2) is 0 Å². The number of benzene rings is 2. The van der Waals surface area contributed by atoms with Gasteiger partial charge in [0.05, 0.1) is 17.6 Å². The fourth-order valence-electron chi connectivity index (χ4n) is 2.06. The molecule has 0 aromatic heterocycles. The maximum Gasteiger partial charge on any atom is 0.416 e. The van der Waals surface area contributed by atoms with Crippen molar-refractivity contribution in [3.63, 3.8) is 0 Å². The number of ether oxygens (including phenoxy) is 1. The highest BCUT2D eigenvalue weighted by Crippen LogP contribution is 2.35. The second-order valence-electron chi connectivity index (χ2n) is 5.74. The summed E-state index contributed by atoms with van der Waals surface area (Å²) in [5.41, 5.74) is 1.73. The molecule has 0 unspecified atom stereocenters. The molecule has 0 heterocycles. The van der Waals surface area contributed by atoms with E-state index in [0.29, 0.717) is 5.75 Å². The van der Waals surface area contributed by atoms with E-state index in [-0.39, 0.29) is 5.75 Å². The molecule has 2 rings (SSSR count). The van der Waals surface area contributed by atoms with Crippen molar-refractivity contribution in [2.75, 3.05) is 14.1 Å². The Morgan fingerprint density at radius 2 is 1.75 bits per heavy atom. The van der Waals surface area contributed by atoms with Gasteiger partial charge in [-0.25, -0.2) is 4.99 Å². The third-order valence-corrected chi connectivity index (χ3v) is 3.31. The average Bonchev–Trinajstić information content (AvgIpc) is 2.48. The van der Waals surface area contributed by atoms with E-state index in [2.05, 4.69) is 4.99 Å². The van der Waals surface area contributed by atoms with E-state index in [1.165, 1.54) is 12.1 Å². The van der Waals surface area contributed by atoms with Crippen LogP contribution in [0.4, 0.5) is 18.9 Å². The fourth-order valence-corrected chi connectivity index (χ4v) is 2.06. The largest absolute Gasteiger partial charge is 0.457 e. The maximum atomic E-state index is 12.8. The van der Waals surface area contributed by atoms with Crippen LogP contribution in [-0.4, -0.2) is 25.3 Å². The van der Waals surface area contributed by atoms with E-state index in [0.717, 1.165) is 28.9 Å². The summed E-state index contributed by atoms with van der Waals surface area (Å²) in [6.07, 6.45) is -2.70. The van der Waals surface area contributed by atoms with Gasteiger partial charge in [0.1, 0.15) is 11.5 Å². The molecule has 0 radical (unpaired) electrons. The van der Waals surface area contributed by atoms with Crippen LogP contribution in [0.5, 0.6) is 11.5 Å². The monoisotopic (exact) mass is 336 g/mol. The molecular formula is C18H19F3N2O. The Kier molecular flexibility index (Phi) is 5.17. The van der Waals surface area contributed by atoms with Gasteiger partial charge in [0.2, 0.25) is 0 Å². The van der Waals surface area contributed by atoms with Crippen molar-refractivity contribution in [2.24, 2.45) is 4.99 Å². The molecule has 24 heavy (non-hydrogen) atoms. The lowest BCUT2D eigenvalue weighted by atomic mass is 10.1. The Morgan fingerprint density at radius 3 is 2.38 bits per heavy atom. The van der Waals surface area contributed by atoms with Crippen LogP contribution in [0.15, 0.2) is 41.4 Å². The van der Waals surface area contributed by atoms with Gasteiger partial charge in [-0.2, -0.15) is 13.2 Å². The summed E-state index contributed by atoms with van der Waals surface area (Å²) in [5, 5.41) is 0. The zero-order valence-electron chi connectivity index (χ0n) is 14.0. The molecule has 6 heteroatoms. The number of aryl methyl sites for hydroxylation is 2. The highest BCUT2D eigenvalue weighted by atomic mass is 19.4. The van der Waals surface area contributed by atoms with Crippen LogP contribution in [0.25, 0.3) is 0 Å². The van der Waals surface area contributed by atoms with Crippen LogP contribution < -0.4 is 4.74 Å². The highest BCUT2D eigenvalue weighted by Gasteiger charge is 2.30. The van der Waals surface area contributed by atoms with E-state index in [1.807, 2.05) is 38.9 Å². The van der Waals surface area contributed by atoms with Gasteiger partial charge >= 0.3 is 6.18 Å². The van der Waals surface area contributed by atoms with Gasteiger partial charge in [-0.1, -0.05) is 6.07 Å². The molecule has 0 bridgehead atoms. The van der Waals surface area contributed by atoms with Crippen molar-refractivity contribution < 1.29 is 17.9 Å². The molecule has 128 valence electrons. The van der Waals surface area contributed by atoms with Gasteiger partial charge in [0.25, 0.3) is 0 Å². The Balaban J connectivity index is 2.29. The number of hydrogen-bond donors (Lipinski definition) is 0. The minimum Gasteiger partial charge on any atom is -0.457 e. The van der Waals surface area contributed by atoms with Crippen LogP contribution in [0.2, 0.25) is 0 Å². The molecular weight excluding hydrogens is 317 g/mol. The first-order chi connectivity index (χ1) is 11.2. The van der Waals surface area contributed by atoms with Gasteiger partial charge in [-0.05, 0) is 55.3 Å². The van der Waals surface area contributed by atoms with E-state index >= 15 is 0 Å². The second kappa shape index (κ2) is 6.95. The van der Waals surface area contributed by atoms with Crippen LogP contribution in [0.3, 0.4) is 0 Å². The van der Waals surface area contributed by atoms with Gasteiger partial charge in [0, 0.05) is 14.1 Å². The quantitative estimate of drug-likeness (QED) is 0.556. The molecule has 2 aromatic rings. The number of hydrogen-bond acceptors (Lipinski definition) is 2. The van der Waals surface area contributed by atoms with Crippen molar-refractivity contribution >= 4 is 12.0 Å². The lowest BCUT2D eigenvalue weighted by Crippen LogP contribution is -2.07. The Bertz CT molecular complexity index is 752. The Morgan fingerprint density at radius 1 is 1.04 bits per heavy atom. The van der Waals surface area contributed by atoms with Crippen LogP contribution in [0.1, 0.15) is 16.7 Å². The van der Waals surface area contributed by atoms with Gasteiger partial charge in [-0.3, -0.25) is 0 Å². The molecule has 0 saturated heterocycles. The molecule has 0 amide bonds. The van der Waals surface area contributed by atoms with Crippen LogP contribution in [-0.2, 0) is 6.18 Å². The fraction of sp³-hybridized carbons (Fsp3) is 0.278. The molecule has 0 aliphatic carbocycles. The molecule has 0 atom stereocenters. The molecule has 2 aromatic carbocycles. The molecule has 0 fully saturated rings. The third-order valence-electron chi connectivity index (χ3n) is 3.31. The second-order valence-corrected chi connectivity index (χ2v) is 5.74. The minimum atomic E-state index is -4.39. The molecule has 0 aliphatic rings. The van der Waals surface area contributed by atoms with Gasteiger partial charge < -0.3 is 9.64 Å².